The summed E-state index contributed by atoms with van der Waals surface area (Å²) >= 11 is 0. The standard InChI is InChI=1S/C14H17NO3/c1-9(2)18-13-11-5-6-15-8-10(11)7-12(16-3)14(13)17-4/h5-9H,1-4H3. The molecule has 1 aromatic carbocycles. The van der Waals surface area contributed by atoms with Crippen LogP contribution >= 0.6 is 0 Å². The number of pyridine rings is 1. The number of ether oxygens (including phenoxy) is 3. The summed E-state index contributed by atoms with van der Waals surface area (Å²) in [4.78, 5) is 4.11. The van der Waals surface area contributed by atoms with Gasteiger partial charge in [-0.15, -0.1) is 0 Å². The Hall–Kier alpha value is -1.97. The molecule has 2 aromatic rings. The van der Waals surface area contributed by atoms with Crippen molar-refractivity contribution in [3.63, 3.8) is 0 Å². The lowest BCUT2D eigenvalue weighted by molar-refractivity contribution is 0.230. The van der Waals surface area contributed by atoms with E-state index in [0.717, 1.165) is 10.8 Å². The molecular formula is C14H17NO3. The van der Waals surface area contributed by atoms with Crippen LogP contribution in [0.15, 0.2) is 24.5 Å². The average Bonchev–Trinajstić information content (AvgIpc) is 2.37. The minimum Gasteiger partial charge on any atom is -0.493 e. The number of hydrogen-bond donors (Lipinski definition) is 0. The fourth-order valence-corrected chi connectivity index (χ4v) is 1.87. The van der Waals surface area contributed by atoms with Gasteiger partial charge in [-0.25, -0.2) is 0 Å². The van der Waals surface area contributed by atoms with Gasteiger partial charge in [-0.05, 0) is 26.0 Å². The molecule has 2 rings (SSSR count). The third kappa shape index (κ3) is 2.18. The number of aromatic nitrogens is 1. The fourth-order valence-electron chi connectivity index (χ4n) is 1.87. The summed E-state index contributed by atoms with van der Waals surface area (Å²) in [7, 11) is 3.22. The molecule has 18 heavy (non-hydrogen) atoms. The van der Waals surface area contributed by atoms with Crippen molar-refractivity contribution in [3.8, 4) is 17.2 Å². The lowest BCUT2D eigenvalue weighted by atomic mass is 10.1. The van der Waals surface area contributed by atoms with Crippen molar-refractivity contribution >= 4 is 10.8 Å². The lowest BCUT2D eigenvalue weighted by Gasteiger charge is -2.18. The summed E-state index contributed by atoms with van der Waals surface area (Å²) in [5.74, 6) is 1.96. The molecule has 0 saturated carbocycles. The predicted molar refractivity (Wildman–Crippen MR) is 70.6 cm³/mol. The quantitative estimate of drug-likeness (QED) is 0.832. The van der Waals surface area contributed by atoms with Gasteiger partial charge < -0.3 is 14.2 Å². The van der Waals surface area contributed by atoms with Gasteiger partial charge in [0, 0.05) is 23.2 Å². The van der Waals surface area contributed by atoms with Crippen LogP contribution in [0.25, 0.3) is 10.8 Å². The van der Waals surface area contributed by atoms with Crippen LogP contribution < -0.4 is 14.2 Å². The third-order valence-corrected chi connectivity index (χ3v) is 2.59. The van der Waals surface area contributed by atoms with Crippen molar-refractivity contribution in [2.75, 3.05) is 14.2 Å². The molecular weight excluding hydrogens is 230 g/mol. The smallest absolute Gasteiger partial charge is 0.203 e. The van der Waals surface area contributed by atoms with Crippen molar-refractivity contribution < 1.29 is 14.2 Å². The van der Waals surface area contributed by atoms with E-state index in [1.165, 1.54) is 0 Å². The molecule has 0 amide bonds. The highest BCUT2D eigenvalue weighted by Crippen LogP contribution is 2.43. The van der Waals surface area contributed by atoms with Gasteiger partial charge in [-0.3, -0.25) is 4.98 Å². The Labute approximate surface area is 106 Å². The number of rotatable bonds is 4. The van der Waals surface area contributed by atoms with Crippen LogP contribution in [-0.4, -0.2) is 25.3 Å². The summed E-state index contributed by atoms with van der Waals surface area (Å²) in [6, 6.07) is 3.81. The Balaban J connectivity index is 2.73. The topological polar surface area (TPSA) is 40.6 Å². The number of nitrogens with zero attached hydrogens (tertiary/aromatic N) is 1. The van der Waals surface area contributed by atoms with Gasteiger partial charge in [0.05, 0.1) is 20.3 Å². The highest BCUT2D eigenvalue weighted by molar-refractivity contribution is 5.92. The van der Waals surface area contributed by atoms with E-state index in [1.54, 1.807) is 26.6 Å². The lowest BCUT2D eigenvalue weighted by Crippen LogP contribution is -2.08. The maximum Gasteiger partial charge on any atom is 0.203 e. The predicted octanol–water partition coefficient (Wildman–Crippen LogP) is 3.04. The van der Waals surface area contributed by atoms with Crippen LogP contribution in [0.5, 0.6) is 17.2 Å². The Bertz CT molecular complexity index is 552. The average molecular weight is 247 g/mol. The van der Waals surface area contributed by atoms with Gasteiger partial charge in [0.2, 0.25) is 5.75 Å². The van der Waals surface area contributed by atoms with E-state index in [-0.39, 0.29) is 6.10 Å². The largest absolute Gasteiger partial charge is 0.493 e. The van der Waals surface area contributed by atoms with Gasteiger partial charge in [0.15, 0.2) is 11.5 Å². The monoisotopic (exact) mass is 247 g/mol. The first kappa shape index (κ1) is 12.5. The molecule has 0 fully saturated rings. The van der Waals surface area contributed by atoms with Gasteiger partial charge in [-0.2, -0.15) is 0 Å². The highest BCUT2D eigenvalue weighted by atomic mass is 16.5. The molecule has 1 heterocycles. The Morgan fingerprint density at radius 2 is 1.89 bits per heavy atom. The molecule has 0 radical (unpaired) electrons. The first-order chi connectivity index (χ1) is 8.67. The van der Waals surface area contributed by atoms with E-state index in [4.69, 9.17) is 14.2 Å². The first-order valence-electron chi connectivity index (χ1n) is 5.82. The van der Waals surface area contributed by atoms with E-state index in [1.807, 2.05) is 26.0 Å². The number of hydrogen-bond acceptors (Lipinski definition) is 4. The van der Waals surface area contributed by atoms with Crippen LogP contribution in [0.4, 0.5) is 0 Å². The van der Waals surface area contributed by atoms with Crippen LogP contribution in [0.1, 0.15) is 13.8 Å². The van der Waals surface area contributed by atoms with Gasteiger partial charge in [-0.1, -0.05) is 0 Å². The molecule has 0 N–H and O–H groups in total. The second-order valence-electron chi connectivity index (χ2n) is 4.20. The zero-order valence-electron chi connectivity index (χ0n) is 11.1. The number of methoxy groups -OCH3 is 2. The Morgan fingerprint density at radius 3 is 2.50 bits per heavy atom. The van der Waals surface area contributed by atoms with Crippen molar-refractivity contribution in [2.24, 2.45) is 0 Å². The minimum absolute atomic E-state index is 0.0578. The molecule has 0 aliphatic carbocycles. The summed E-state index contributed by atoms with van der Waals surface area (Å²) in [6.45, 7) is 3.96. The number of benzene rings is 1. The summed E-state index contributed by atoms with van der Waals surface area (Å²) in [6.07, 6.45) is 3.58. The molecule has 0 atom stereocenters. The third-order valence-electron chi connectivity index (χ3n) is 2.59. The van der Waals surface area contributed by atoms with Gasteiger partial charge in [0.25, 0.3) is 0 Å². The Kier molecular flexibility index (Phi) is 3.55. The molecule has 0 bridgehead atoms. The van der Waals surface area contributed by atoms with E-state index < -0.39 is 0 Å². The maximum absolute atomic E-state index is 5.86. The SMILES string of the molecule is COc1cc2cnccc2c(OC(C)C)c1OC. The number of fused-ring (bicyclic) bond motifs is 1. The highest BCUT2D eigenvalue weighted by Gasteiger charge is 2.17. The summed E-state index contributed by atoms with van der Waals surface area (Å²) < 4.78 is 16.6. The van der Waals surface area contributed by atoms with Gasteiger partial charge >= 0.3 is 0 Å². The van der Waals surface area contributed by atoms with Crippen LogP contribution in [0.3, 0.4) is 0 Å². The second-order valence-corrected chi connectivity index (χ2v) is 4.20. The maximum atomic E-state index is 5.86. The molecule has 4 nitrogen and oxygen atoms in total. The fraction of sp³-hybridized carbons (Fsp3) is 0.357. The second kappa shape index (κ2) is 5.12. The molecule has 0 aliphatic heterocycles. The van der Waals surface area contributed by atoms with Crippen molar-refractivity contribution in [1.29, 1.82) is 0 Å². The van der Waals surface area contributed by atoms with E-state index in [9.17, 15) is 0 Å². The van der Waals surface area contributed by atoms with E-state index in [2.05, 4.69) is 4.98 Å². The molecule has 0 spiro atoms. The van der Waals surface area contributed by atoms with Crippen LogP contribution in [-0.2, 0) is 0 Å². The molecule has 0 saturated heterocycles. The molecule has 1 aromatic heterocycles. The van der Waals surface area contributed by atoms with Crippen LogP contribution in [0.2, 0.25) is 0 Å². The van der Waals surface area contributed by atoms with Crippen molar-refractivity contribution in [2.45, 2.75) is 20.0 Å². The zero-order valence-corrected chi connectivity index (χ0v) is 11.1. The normalized spacial score (nSPS) is 10.7. The summed E-state index contributed by atoms with van der Waals surface area (Å²) in [5, 5.41) is 1.93. The molecule has 0 unspecified atom stereocenters. The Morgan fingerprint density at radius 1 is 1.11 bits per heavy atom. The van der Waals surface area contributed by atoms with Crippen molar-refractivity contribution in [1.82, 2.24) is 4.98 Å². The molecule has 96 valence electrons. The van der Waals surface area contributed by atoms with Crippen LogP contribution in [0, 0.1) is 0 Å². The molecule has 4 heteroatoms. The first-order valence-corrected chi connectivity index (χ1v) is 5.82. The van der Waals surface area contributed by atoms with E-state index in [0.29, 0.717) is 17.2 Å². The van der Waals surface area contributed by atoms with E-state index >= 15 is 0 Å². The van der Waals surface area contributed by atoms with Crippen molar-refractivity contribution in [3.05, 3.63) is 24.5 Å². The van der Waals surface area contributed by atoms with Gasteiger partial charge in [0.1, 0.15) is 0 Å². The minimum atomic E-state index is 0.0578. The zero-order chi connectivity index (χ0) is 13.1. The molecule has 0 aliphatic rings. The summed E-state index contributed by atoms with van der Waals surface area (Å²) in [5.41, 5.74) is 0.